The summed E-state index contributed by atoms with van der Waals surface area (Å²) < 4.78 is 5.93. The third kappa shape index (κ3) is 4.06. The van der Waals surface area contributed by atoms with Crippen LogP contribution in [0.15, 0.2) is 59.1 Å². The molecule has 0 aliphatic carbocycles. The fraction of sp³-hybridized carbons (Fsp3) is 0.167. The van der Waals surface area contributed by atoms with E-state index in [-0.39, 0.29) is 13.1 Å². The number of nitrogens with zero attached hydrogens (tertiary/aromatic N) is 1. The average Bonchev–Trinajstić information content (AvgIpc) is 2.89. The van der Waals surface area contributed by atoms with E-state index in [1.165, 1.54) is 4.90 Å². The highest BCUT2D eigenvalue weighted by molar-refractivity contribution is 9.10. The monoisotopic (exact) mass is 402 g/mol. The molecule has 1 aliphatic heterocycles. The Balaban J connectivity index is 1.59. The second kappa shape index (κ2) is 7.48. The van der Waals surface area contributed by atoms with Crippen LogP contribution >= 0.6 is 15.9 Å². The lowest BCUT2D eigenvalue weighted by atomic mass is 10.2. The molecule has 6 nitrogen and oxygen atoms in total. The van der Waals surface area contributed by atoms with Gasteiger partial charge in [-0.25, -0.2) is 4.79 Å². The largest absolute Gasteiger partial charge is 0.428 e. The summed E-state index contributed by atoms with van der Waals surface area (Å²) in [4.78, 5) is 37.7. The Labute approximate surface area is 152 Å². The van der Waals surface area contributed by atoms with E-state index < -0.39 is 23.9 Å². The van der Waals surface area contributed by atoms with E-state index in [9.17, 15) is 14.4 Å². The number of anilines is 1. The maximum atomic E-state index is 12.4. The smallest absolute Gasteiger partial charge is 0.408 e. The predicted octanol–water partition coefficient (Wildman–Crippen LogP) is 2.66. The highest BCUT2D eigenvalue weighted by atomic mass is 79.9. The Morgan fingerprint density at radius 1 is 1.16 bits per heavy atom. The maximum Gasteiger partial charge on any atom is 0.408 e. The van der Waals surface area contributed by atoms with Crippen molar-refractivity contribution in [1.82, 2.24) is 5.32 Å². The minimum atomic E-state index is -1.40. The molecule has 2 aromatic rings. The zero-order chi connectivity index (χ0) is 17.8. The minimum Gasteiger partial charge on any atom is -0.428 e. The van der Waals surface area contributed by atoms with Gasteiger partial charge in [-0.15, -0.1) is 0 Å². The number of benzene rings is 2. The molecule has 0 saturated carbocycles. The third-order valence-corrected chi connectivity index (χ3v) is 4.21. The van der Waals surface area contributed by atoms with Gasteiger partial charge in [-0.2, -0.15) is 0 Å². The number of nitrogens with one attached hydrogen (secondary N) is 1. The number of amides is 2. The lowest BCUT2D eigenvalue weighted by molar-refractivity contribution is -0.132. The second-order valence-corrected chi connectivity index (χ2v) is 6.41. The van der Waals surface area contributed by atoms with Crippen molar-refractivity contribution in [2.45, 2.75) is 12.6 Å². The Morgan fingerprint density at radius 3 is 2.64 bits per heavy atom. The van der Waals surface area contributed by atoms with Crippen molar-refractivity contribution in [2.75, 3.05) is 11.4 Å². The number of rotatable bonds is 4. The van der Waals surface area contributed by atoms with Gasteiger partial charge in [0.05, 0.1) is 6.54 Å². The molecule has 0 spiro atoms. The molecule has 1 heterocycles. The first-order chi connectivity index (χ1) is 12.0. The van der Waals surface area contributed by atoms with Crippen LogP contribution in [0.1, 0.15) is 5.56 Å². The molecule has 0 bridgehead atoms. The van der Waals surface area contributed by atoms with Gasteiger partial charge in [-0.3, -0.25) is 9.59 Å². The molecule has 2 aromatic carbocycles. The number of hydrogen-bond acceptors (Lipinski definition) is 4. The Kier molecular flexibility index (Phi) is 5.14. The number of hydrogen-bond donors (Lipinski definition) is 1. The van der Waals surface area contributed by atoms with Crippen LogP contribution in [0.4, 0.5) is 10.5 Å². The molecule has 1 unspecified atom stereocenters. The molecule has 0 radical (unpaired) electrons. The van der Waals surface area contributed by atoms with E-state index in [0.29, 0.717) is 5.69 Å². The zero-order valence-electron chi connectivity index (χ0n) is 13.1. The van der Waals surface area contributed by atoms with Crippen LogP contribution in [0.3, 0.4) is 0 Å². The van der Waals surface area contributed by atoms with E-state index in [0.717, 1.165) is 10.0 Å². The van der Waals surface area contributed by atoms with Crippen molar-refractivity contribution >= 4 is 39.4 Å². The molecule has 3 rings (SSSR count). The number of alkyl carbamates (subject to hydrolysis) is 1. The molecule has 0 aromatic heterocycles. The summed E-state index contributed by atoms with van der Waals surface area (Å²) in [6.45, 7) is 0.127. The number of para-hydroxylation sites is 1. The molecule has 2 amide bonds. The first-order valence-corrected chi connectivity index (χ1v) is 8.42. The fourth-order valence-corrected chi connectivity index (χ4v) is 2.96. The number of Topliss-reactive ketones (excluding diaryl/α,β-unsaturated/α-hetero) is 1. The number of ketones is 1. The Bertz CT molecular complexity index is 810. The molecule has 7 heteroatoms. The average molecular weight is 403 g/mol. The zero-order valence-corrected chi connectivity index (χ0v) is 14.7. The van der Waals surface area contributed by atoms with Gasteiger partial charge in [0.25, 0.3) is 5.91 Å². The van der Waals surface area contributed by atoms with E-state index >= 15 is 0 Å². The van der Waals surface area contributed by atoms with Crippen LogP contribution in [0.25, 0.3) is 0 Å². The lowest BCUT2D eigenvalue weighted by Crippen LogP contribution is -2.36. The number of carbonyl (C=O) groups is 3. The predicted molar refractivity (Wildman–Crippen MR) is 95.1 cm³/mol. The first kappa shape index (κ1) is 17.2. The Hall–Kier alpha value is -2.67. The molecule has 1 atom stereocenters. The first-order valence-electron chi connectivity index (χ1n) is 7.62. The van der Waals surface area contributed by atoms with Crippen LogP contribution in [-0.2, 0) is 20.9 Å². The van der Waals surface area contributed by atoms with Gasteiger partial charge in [0.2, 0.25) is 11.9 Å². The molecule has 1 N–H and O–H groups in total. The minimum absolute atomic E-state index is 0.105. The number of halogens is 1. The van der Waals surface area contributed by atoms with Crippen LogP contribution < -0.4 is 10.2 Å². The van der Waals surface area contributed by atoms with Gasteiger partial charge in [0.15, 0.2) is 0 Å². The van der Waals surface area contributed by atoms with Gasteiger partial charge in [0.1, 0.15) is 0 Å². The summed E-state index contributed by atoms with van der Waals surface area (Å²) in [5, 5.41) is 2.54. The van der Waals surface area contributed by atoms with Gasteiger partial charge in [-0.1, -0.05) is 46.3 Å². The second-order valence-electron chi connectivity index (χ2n) is 5.50. The van der Waals surface area contributed by atoms with Crippen molar-refractivity contribution in [3.8, 4) is 0 Å². The molecule has 1 fully saturated rings. The van der Waals surface area contributed by atoms with Crippen molar-refractivity contribution < 1.29 is 19.1 Å². The molecule has 25 heavy (non-hydrogen) atoms. The fourth-order valence-electron chi connectivity index (χ4n) is 2.51. The molecule has 128 valence electrons. The summed E-state index contributed by atoms with van der Waals surface area (Å²) in [6, 6.07) is 16.2. The van der Waals surface area contributed by atoms with Crippen molar-refractivity contribution in [3.63, 3.8) is 0 Å². The topological polar surface area (TPSA) is 75.7 Å². The normalized spacial score (nSPS) is 16.8. The van der Waals surface area contributed by atoms with Crippen LogP contribution in [0.5, 0.6) is 0 Å². The molecular formula is C18H15BrN2O4. The molecule has 1 aliphatic rings. The van der Waals surface area contributed by atoms with E-state index in [1.807, 2.05) is 30.3 Å². The van der Waals surface area contributed by atoms with E-state index in [1.54, 1.807) is 24.3 Å². The molecular weight excluding hydrogens is 388 g/mol. The van der Waals surface area contributed by atoms with E-state index in [2.05, 4.69) is 21.2 Å². The molecule has 1 saturated heterocycles. The third-order valence-electron chi connectivity index (χ3n) is 3.72. The van der Waals surface area contributed by atoms with Crippen LogP contribution in [0.2, 0.25) is 0 Å². The summed E-state index contributed by atoms with van der Waals surface area (Å²) in [5.41, 5.74) is 1.46. The number of ether oxygens (including phenoxy) is 1. The lowest BCUT2D eigenvalue weighted by Gasteiger charge is -2.15. The van der Waals surface area contributed by atoms with Gasteiger partial charge in [-0.05, 0) is 29.8 Å². The Morgan fingerprint density at radius 2 is 1.92 bits per heavy atom. The summed E-state index contributed by atoms with van der Waals surface area (Å²) in [6.07, 6.45) is -2.20. The van der Waals surface area contributed by atoms with Crippen molar-refractivity contribution in [2.24, 2.45) is 0 Å². The SMILES string of the molecule is O=C(NCc1cccc(Br)c1)OC1C(=O)CN(c2ccccc2)C1=O. The van der Waals surface area contributed by atoms with Crippen molar-refractivity contribution in [1.29, 1.82) is 0 Å². The van der Waals surface area contributed by atoms with Gasteiger partial charge >= 0.3 is 6.09 Å². The van der Waals surface area contributed by atoms with E-state index in [4.69, 9.17) is 4.74 Å². The number of carbonyl (C=O) groups excluding carboxylic acids is 3. The van der Waals surface area contributed by atoms with Crippen LogP contribution in [0, 0.1) is 0 Å². The highest BCUT2D eigenvalue weighted by Gasteiger charge is 2.42. The van der Waals surface area contributed by atoms with Gasteiger partial charge in [0, 0.05) is 16.7 Å². The van der Waals surface area contributed by atoms with Gasteiger partial charge < -0.3 is 15.0 Å². The maximum absolute atomic E-state index is 12.4. The quantitative estimate of drug-likeness (QED) is 0.797. The summed E-state index contributed by atoms with van der Waals surface area (Å²) in [5.74, 6) is -0.972. The highest BCUT2D eigenvalue weighted by Crippen LogP contribution is 2.21. The summed E-state index contributed by atoms with van der Waals surface area (Å²) in [7, 11) is 0. The standard InChI is InChI=1S/C18H15BrN2O4/c19-13-6-4-5-12(9-13)10-20-18(24)25-16-15(22)11-21(17(16)23)14-7-2-1-3-8-14/h1-9,16H,10-11H2,(H,20,24). The summed E-state index contributed by atoms with van der Waals surface area (Å²) >= 11 is 3.35. The van der Waals surface area contributed by atoms with Crippen LogP contribution in [-0.4, -0.2) is 30.4 Å². The van der Waals surface area contributed by atoms with Crippen molar-refractivity contribution in [3.05, 3.63) is 64.6 Å².